The van der Waals surface area contributed by atoms with E-state index in [0.29, 0.717) is 51.7 Å². The minimum Gasteiger partial charge on any atom is -0.486 e. The molecule has 0 bridgehead atoms. The molecule has 8 nitrogen and oxygen atoms in total. The van der Waals surface area contributed by atoms with E-state index in [1.165, 1.54) is 12.4 Å². The van der Waals surface area contributed by atoms with Gasteiger partial charge in [-0.1, -0.05) is 11.3 Å². The minimum atomic E-state index is -0.310. The van der Waals surface area contributed by atoms with Gasteiger partial charge in [0.2, 0.25) is 0 Å². The number of nitrogens with zero attached hydrogens (tertiary/aromatic N) is 2. The summed E-state index contributed by atoms with van der Waals surface area (Å²) < 4.78 is 11.0. The summed E-state index contributed by atoms with van der Waals surface area (Å²) in [7, 11) is 0. The first-order valence-electron chi connectivity index (χ1n) is 8.50. The van der Waals surface area contributed by atoms with Gasteiger partial charge in [0.1, 0.15) is 18.1 Å². The molecule has 1 aromatic carbocycles. The predicted octanol–water partition coefficient (Wildman–Crippen LogP) is 3.12. The molecule has 1 aliphatic rings. The maximum Gasteiger partial charge on any atom is 0.267 e. The number of aryl methyl sites for hydroxylation is 1. The van der Waals surface area contributed by atoms with Crippen LogP contribution in [0.3, 0.4) is 0 Å². The molecule has 4 rings (SSSR count). The van der Waals surface area contributed by atoms with E-state index in [1.807, 2.05) is 0 Å². The number of nitrogens with one attached hydrogen (secondary N) is 2. The number of hydrogen-bond acceptors (Lipinski definition) is 7. The highest BCUT2D eigenvalue weighted by molar-refractivity contribution is 7.17. The van der Waals surface area contributed by atoms with Crippen LogP contribution in [0, 0.1) is 6.92 Å². The van der Waals surface area contributed by atoms with E-state index in [1.54, 1.807) is 37.3 Å². The number of carbonyl (C=O) groups is 2. The van der Waals surface area contributed by atoms with E-state index in [2.05, 4.69) is 20.6 Å². The van der Waals surface area contributed by atoms with Crippen LogP contribution in [0.4, 0.5) is 10.8 Å². The summed E-state index contributed by atoms with van der Waals surface area (Å²) in [5.74, 6) is 0.626. The Kier molecular flexibility index (Phi) is 4.90. The Hall–Kier alpha value is -3.46. The second-order valence-corrected chi connectivity index (χ2v) is 6.94. The van der Waals surface area contributed by atoms with Crippen LogP contribution >= 0.6 is 11.3 Å². The fraction of sp³-hybridized carbons (Fsp3) is 0.158. The number of thiazole rings is 1. The first kappa shape index (κ1) is 17.9. The summed E-state index contributed by atoms with van der Waals surface area (Å²) in [4.78, 5) is 33.4. The highest BCUT2D eigenvalue weighted by atomic mass is 32.1. The maximum atomic E-state index is 12.6. The van der Waals surface area contributed by atoms with Crippen LogP contribution in [0.25, 0.3) is 0 Å². The topological polar surface area (TPSA) is 102 Å². The lowest BCUT2D eigenvalue weighted by Gasteiger charge is -2.18. The van der Waals surface area contributed by atoms with Gasteiger partial charge in [-0.15, -0.1) is 0 Å². The van der Waals surface area contributed by atoms with Crippen LogP contribution in [-0.4, -0.2) is 35.0 Å². The summed E-state index contributed by atoms with van der Waals surface area (Å²) in [6, 6.07) is 8.42. The van der Waals surface area contributed by atoms with E-state index in [0.717, 1.165) is 11.3 Å². The van der Waals surface area contributed by atoms with Gasteiger partial charge < -0.3 is 14.8 Å². The van der Waals surface area contributed by atoms with Crippen molar-refractivity contribution < 1.29 is 19.1 Å². The third kappa shape index (κ3) is 3.79. The van der Waals surface area contributed by atoms with Crippen molar-refractivity contribution in [1.29, 1.82) is 0 Å². The molecular weight excluding hydrogens is 380 g/mol. The van der Waals surface area contributed by atoms with E-state index in [9.17, 15) is 9.59 Å². The molecule has 0 unspecified atom stereocenters. The maximum absolute atomic E-state index is 12.6. The molecule has 1 aliphatic heterocycles. The fourth-order valence-electron chi connectivity index (χ4n) is 2.64. The number of benzene rings is 1. The highest BCUT2D eigenvalue weighted by Gasteiger charge is 2.19. The number of anilines is 2. The predicted molar refractivity (Wildman–Crippen MR) is 104 cm³/mol. The zero-order chi connectivity index (χ0) is 19.5. The first-order chi connectivity index (χ1) is 13.6. The van der Waals surface area contributed by atoms with Crippen LogP contribution in [0.2, 0.25) is 0 Å². The molecule has 2 aromatic heterocycles. The summed E-state index contributed by atoms with van der Waals surface area (Å²) in [6.45, 7) is 2.70. The number of aromatic nitrogens is 2. The average molecular weight is 396 g/mol. The molecule has 0 atom stereocenters. The van der Waals surface area contributed by atoms with Crippen LogP contribution < -0.4 is 20.1 Å². The number of hydrogen-bond donors (Lipinski definition) is 2. The molecule has 3 heterocycles. The van der Waals surface area contributed by atoms with Crippen molar-refractivity contribution in [2.24, 2.45) is 0 Å². The number of pyridine rings is 1. The van der Waals surface area contributed by atoms with Crippen molar-refractivity contribution >= 4 is 34.0 Å². The molecule has 142 valence electrons. The molecule has 3 aromatic rings. The Morgan fingerprint density at radius 1 is 1.00 bits per heavy atom. The molecular formula is C19H16N4O4S. The summed E-state index contributed by atoms with van der Waals surface area (Å²) in [5, 5.41) is 5.88. The van der Waals surface area contributed by atoms with Crippen molar-refractivity contribution in [3.05, 3.63) is 58.9 Å². The van der Waals surface area contributed by atoms with Gasteiger partial charge in [0.25, 0.3) is 11.8 Å². The Bertz CT molecular complexity index is 1040. The molecule has 0 spiro atoms. The zero-order valence-corrected chi connectivity index (χ0v) is 15.7. The lowest BCUT2D eigenvalue weighted by atomic mass is 10.2. The summed E-state index contributed by atoms with van der Waals surface area (Å²) in [5.41, 5.74) is 1.58. The van der Waals surface area contributed by atoms with Crippen LogP contribution in [0.5, 0.6) is 11.5 Å². The molecule has 0 saturated carbocycles. The van der Waals surface area contributed by atoms with E-state index >= 15 is 0 Å². The second-order valence-electron chi connectivity index (χ2n) is 5.94. The number of amides is 2. The SMILES string of the molecule is Cc1nc(NC(=O)c2ccncc2)sc1C(=O)Nc1ccc2c(c1)OCCO2. The second kappa shape index (κ2) is 7.65. The van der Waals surface area contributed by atoms with Crippen LogP contribution in [0.15, 0.2) is 42.7 Å². The minimum absolute atomic E-state index is 0.309. The van der Waals surface area contributed by atoms with Crippen LogP contribution in [0.1, 0.15) is 25.7 Å². The Labute approximate surface area is 164 Å². The van der Waals surface area contributed by atoms with Gasteiger partial charge in [-0.05, 0) is 31.2 Å². The Morgan fingerprint density at radius 3 is 2.54 bits per heavy atom. The quantitative estimate of drug-likeness (QED) is 0.702. The van der Waals surface area contributed by atoms with Gasteiger partial charge >= 0.3 is 0 Å². The third-order valence-electron chi connectivity index (χ3n) is 3.97. The molecule has 0 saturated heterocycles. The summed E-state index contributed by atoms with van der Waals surface area (Å²) in [6.07, 6.45) is 3.07. The smallest absolute Gasteiger partial charge is 0.267 e. The van der Waals surface area contributed by atoms with E-state index in [-0.39, 0.29) is 11.8 Å². The Balaban J connectivity index is 1.47. The van der Waals surface area contributed by atoms with Gasteiger partial charge in [0.15, 0.2) is 16.6 Å². The third-order valence-corrected chi connectivity index (χ3v) is 5.04. The highest BCUT2D eigenvalue weighted by Crippen LogP contribution is 2.33. The van der Waals surface area contributed by atoms with E-state index in [4.69, 9.17) is 9.47 Å². The van der Waals surface area contributed by atoms with E-state index < -0.39 is 0 Å². The van der Waals surface area contributed by atoms with Gasteiger partial charge in [-0.3, -0.25) is 19.9 Å². The number of carbonyl (C=O) groups excluding carboxylic acids is 2. The molecule has 2 N–H and O–H groups in total. The van der Waals surface area contributed by atoms with Gasteiger partial charge in [0, 0.05) is 29.7 Å². The largest absolute Gasteiger partial charge is 0.486 e. The van der Waals surface area contributed by atoms with Gasteiger partial charge in [-0.25, -0.2) is 4.98 Å². The molecule has 0 aliphatic carbocycles. The molecule has 9 heteroatoms. The number of fused-ring (bicyclic) bond motifs is 1. The van der Waals surface area contributed by atoms with Crippen molar-refractivity contribution in [2.45, 2.75) is 6.92 Å². The number of rotatable bonds is 4. The van der Waals surface area contributed by atoms with Crippen molar-refractivity contribution in [3.63, 3.8) is 0 Å². The Morgan fingerprint density at radius 2 is 1.75 bits per heavy atom. The molecule has 2 amide bonds. The zero-order valence-electron chi connectivity index (χ0n) is 14.9. The average Bonchev–Trinajstić information content (AvgIpc) is 3.08. The molecule has 0 fully saturated rings. The lowest BCUT2D eigenvalue weighted by molar-refractivity contribution is 0.102. The molecule has 0 radical (unpaired) electrons. The van der Waals surface area contributed by atoms with Crippen molar-refractivity contribution in [2.75, 3.05) is 23.8 Å². The summed E-state index contributed by atoms with van der Waals surface area (Å²) >= 11 is 1.11. The van der Waals surface area contributed by atoms with Gasteiger partial charge in [0.05, 0.1) is 5.69 Å². The number of ether oxygens (including phenoxy) is 2. The standard InChI is InChI=1S/C19H16N4O4S/c1-11-16(28-19(21-11)23-17(24)12-4-6-20-7-5-12)18(25)22-13-2-3-14-15(10-13)27-9-8-26-14/h2-7,10H,8-9H2,1H3,(H,22,25)(H,21,23,24). The van der Waals surface area contributed by atoms with Crippen molar-refractivity contribution in [3.8, 4) is 11.5 Å². The fourth-order valence-corrected chi connectivity index (χ4v) is 3.50. The monoisotopic (exact) mass is 396 g/mol. The first-order valence-corrected chi connectivity index (χ1v) is 9.31. The van der Waals surface area contributed by atoms with Crippen molar-refractivity contribution in [1.82, 2.24) is 9.97 Å². The van der Waals surface area contributed by atoms with Crippen LogP contribution in [-0.2, 0) is 0 Å². The van der Waals surface area contributed by atoms with Gasteiger partial charge in [-0.2, -0.15) is 0 Å². The normalized spacial score (nSPS) is 12.3. The molecule has 28 heavy (non-hydrogen) atoms. The lowest BCUT2D eigenvalue weighted by Crippen LogP contribution is -2.16.